The number of nitrogen functional groups attached to an aromatic ring is 1. The van der Waals surface area contributed by atoms with Crippen molar-refractivity contribution in [3.05, 3.63) is 28.3 Å². The molecule has 5 nitrogen and oxygen atoms in total. The molecule has 1 saturated heterocycles. The third-order valence-corrected chi connectivity index (χ3v) is 4.44. The van der Waals surface area contributed by atoms with E-state index in [9.17, 15) is 10.1 Å². The summed E-state index contributed by atoms with van der Waals surface area (Å²) in [5.41, 5.74) is 7.51. The van der Waals surface area contributed by atoms with Crippen molar-refractivity contribution in [2.24, 2.45) is 5.41 Å². The average molecular weight is 263 g/mol. The Balaban J connectivity index is 2.26. The van der Waals surface area contributed by atoms with Crippen molar-refractivity contribution in [1.29, 1.82) is 0 Å². The van der Waals surface area contributed by atoms with Crippen LogP contribution in [-0.4, -0.2) is 18.0 Å². The Morgan fingerprint density at radius 2 is 2.05 bits per heavy atom. The highest BCUT2D eigenvalue weighted by Crippen LogP contribution is 2.40. The fourth-order valence-electron chi connectivity index (χ4n) is 2.89. The molecule has 1 aliphatic rings. The number of nitrogens with two attached hydrogens (primary N) is 1. The van der Waals surface area contributed by atoms with Crippen LogP contribution in [0.2, 0.25) is 0 Å². The Bertz CT molecular complexity index is 484. The number of nitro groups is 1. The molecular weight excluding hydrogens is 242 g/mol. The maximum Gasteiger partial charge on any atom is 0.273 e. The molecule has 0 atom stereocenters. The maximum atomic E-state index is 10.9. The van der Waals surface area contributed by atoms with E-state index in [1.165, 1.54) is 6.07 Å². The first-order valence-corrected chi connectivity index (χ1v) is 6.79. The Hall–Kier alpha value is -1.78. The van der Waals surface area contributed by atoms with E-state index < -0.39 is 0 Å². The van der Waals surface area contributed by atoms with Crippen molar-refractivity contribution >= 4 is 17.1 Å². The third-order valence-electron chi connectivity index (χ3n) is 4.44. The van der Waals surface area contributed by atoms with Crippen molar-refractivity contribution < 1.29 is 4.92 Å². The molecule has 0 unspecified atom stereocenters. The van der Waals surface area contributed by atoms with Gasteiger partial charge >= 0.3 is 0 Å². The molecule has 2 rings (SSSR count). The van der Waals surface area contributed by atoms with Gasteiger partial charge in [-0.1, -0.05) is 13.8 Å². The number of anilines is 2. The lowest BCUT2D eigenvalue weighted by atomic mass is 9.82. The van der Waals surface area contributed by atoms with Crippen LogP contribution in [0.5, 0.6) is 0 Å². The molecule has 1 fully saturated rings. The molecule has 2 N–H and O–H groups in total. The number of benzene rings is 1. The van der Waals surface area contributed by atoms with E-state index in [-0.39, 0.29) is 10.6 Å². The van der Waals surface area contributed by atoms with Crippen LogP contribution in [0.3, 0.4) is 0 Å². The molecule has 0 aromatic heterocycles. The minimum absolute atomic E-state index is 0.0699. The molecule has 5 heteroatoms. The molecule has 0 radical (unpaired) electrons. The van der Waals surface area contributed by atoms with Gasteiger partial charge in [-0.05, 0) is 30.7 Å². The summed E-state index contributed by atoms with van der Waals surface area (Å²) in [6.07, 6.45) is 3.43. The quantitative estimate of drug-likeness (QED) is 0.514. The molecule has 0 bridgehead atoms. The SMILES string of the molecule is CCC1(CC)CCN(c2cc(N)cc([N+](=O)[O-])c2)C1. The molecule has 1 aromatic carbocycles. The number of hydrogen-bond donors (Lipinski definition) is 1. The summed E-state index contributed by atoms with van der Waals surface area (Å²) in [5.74, 6) is 0. The molecule has 19 heavy (non-hydrogen) atoms. The summed E-state index contributed by atoms with van der Waals surface area (Å²) in [5, 5.41) is 10.9. The lowest BCUT2D eigenvalue weighted by molar-refractivity contribution is -0.384. The average Bonchev–Trinajstić information content (AvgIpc) is 2.83. The van der Waals surface area contributed by atoms with E-state index >= 15 is 0 Å². The van der Waals surface area contributed by atoms with Crippen LogP contribution in [0.1, 0.15) is 33.1 Å². The fraction of sp³-hybridized carbons (Fsp3) is 0.571. The molecule has 1 heterocycles. The van der Waals surface area contributed by atoms with Gasteiger partial charge in [0.2, 0.25) is 0 Å². The second kappa shape index (κ2) is 5.07. The minimum Gasteiger partial charge on any atom is -0.398 e. The number of hydrogen-bond acceptors (Lipinski definition) is 4. The van der Waals surface area contributed by atoms with Crippen LogP contribution in [0.25, 0.3) is 0 Å². The van der Waals surface area contributed by atoms with Crippen LogP contribution in [0, 0.1) is 15.5 Å². The normalized spacial score (nSPS) is 17.7. The fourth-order valence-corrected chi connectivity index (χ4v) is 2.89. The van der Waals surface area contributed by atoms with E-state index in [2.05, 4.69) is 18.7 Å². The molecule has 104 valence electrons. The summed E-state index contributed by atoms with van der Waals surface area (Å²) in [4.78, 5) is 12.7. The number of non-ortho nitro benzene ring substituents is 1. The molecule has 0 saturated carbocycles. The van der Waals surface area contributed by atoms with E-state index in [0.29, 0.717) is 11.1 Å². The second-order valence-corrected chi connectivity index (χ2v) is 5.42. The lowest BCUT2D eigenvalue weighted by Crippen LogP contribution is -2.26. The van der Waals surface area contributed by atoms with Gasteiger partial charge in [0, 0.05) is 36.6 Å². The molecular formula is C14H21N3O2. The van der Waals surface area contributed by atoms with Crippen molar-refractivity contribution in [3.8, 4) is 0 Å². The summed E-state index contributed by atoms with van der Waals surface area (Å²) in [7, 11) is 0. The van der Waals surface area contributed by atoms with Crippen molar-refractivity contribution in [1.82, 2.24) is 0 Å². The predicted octanol–water partition coefficient (Wildman–Crippen LogP) is 3.19. The molecule has 1 aliphatic heterocycles. The van der Waals surface area contributed by atoms with Gasteiger partial charge in [0.15, 0.2) is 0 Å². The predicted molar refractivity (Wildman–Crippen MR) is 77.4 cm³/mol. The topological polar surface area (TPSA) is 72.4 Å². The van der Waals surface area contributed by atoms with Crippen LogP contribution in [0.4, 0.5) is 17.1 Å². The van der Waals surface area contributed by atoms with Gasteiger partial charge in [-0.15, -0.1) is 0 Å². The van der Waals surface area contributed by atoms with E-state index in [1.807, 2.05) is 6.07 Å². The second-order valence-electron chi connectivity index (χ2n) is 5.42. The van der Waals surface area contributed by atoms with Crippen molar-refractivity contribution in [3.63, 3.8) is 0 Å². The summed E-state index contributed by atoms with van der Waals surface area (Å²) >= 11 is 0. The van der Waals surface area contributed by atoms with E-state index in [1.54, 1.807) is 6.07 Å². The monoisotopic (exact) mass is 263 g/mol. The zero-order chi connectivity index (χ0) is 14.0. The molecule has 0 aliphatic carbocycles. The highest BCUT2D eigenvalue weighted by Gasteiger charge is 2.35. The van der Waals surface area contributed by atoms with E-state index in [4.69, 9.17) is 5.73 Å². The Morgan fingerprint density at radius 1 is 1.37 bits per heavy atom. The smallest absolute Gasteiger partial charge is 0.273 e. The molecule has 0 amide bonds. The third kappa shape index (κ3) is 2.64. The van der Waals surface area contributed by atoms with Crippen LogP contribution in [-0.2, 0) is 0 Å². The largest absolute Gasteiger partial charge is 0.398 e. The number of nitrogens with zero attached hydrogens (tertiary/aromatic N) is 2. The van der Waals surface area contributed by atoms with Gasteiger partial charge in [0.25, 0.3) is 5.69 Å². The number of nitro benzene ring substituents is 1. The van der Waals surface area contributed by atoms with Crippen molar-refractivity contribution in [2.75, 3.05) is 23.7 Å². The lowest BCUT2D eigenvalue weighted by Gasteiger charge is -2.27. The van der Waals surface area contributed by atoms with Crippen molar-refractivity contribution in [2.45, 2.75) is 33.1 Å². The number of rotatable bonds is 4. The summed E-state index contributed by atoms with van der Waals surface area (Å²) in [6.45, 7) is 6.34. The zero-order valence-corrected chi connectivity index (χ0v) is 11.6. The first-order chi connectivity index (χ1) is 8.99. The van der Waals surface area contributed by atoms with Gasteiger partial charge in [0.05, 0.1) is 4.92 Å². The first-order valence-electron chi connectivity index (χ1n) is 6.79. The van der Waals surface area contributed by atoms with Crippen LogP contribution >= 0.6 is 0 Å². The van der Waals surface area contributed by atoms with Gasteiger partial charge in [0.1, 0.15) is 0 Å². The zero-order valence-electron chi connectivity index (χ0n) is 11.6. The Labute approximate surface area is 113 Å². The van der Waals surface area contributed by atoms with Gasteiger partial charge < -0.3 is 10.6 Å². The standard InChI is InChI=1S/C14H21N3O2/c1-3-14(4-2)5-6-16(10-14)12-7-11(15)8-13(9-12)17(18)19/h7-9H,3-6,10,15H2,1-2H3. The Morgan fingerprint density at radius 3 is 2.58 bits per heavy atom. The minimum atomic E-state index is -0.386. The van der Waals surface area contributed by atoms with E-state index in [0.717, 1.165) is 38.0 Å². The van der Waals surface area contributed by atoms with Crippen LogP contribution < -0.4 is 10.6 Å². The first kappa shape index (κ1) is 13.6. The van der Waals surface area contributed by atoms with Gasteiger partial charge in [-0.3, -0.25) is 10.1 Å². The summed E-state index contributed by atoms with van der Waals surface area (Å²) < 4.78 is 0. The molecule has 0 spiro atoms. The maximum absolute atomic E-state index is 10.9. The van der Waals surface area contributed by atoms with Gasteiger partial charge in [-0.2, -0.15) is 0 Å². The van der Waals surface area contributed by atoms with Crippen LogP contribution in [0.15, 0.2) is 18.2 Å². The Kier molecular flexibility index (Phi) is 3.64. The molecule has 1 aromatic rings. The highest BCUT2D eigenvalue weighted by atomic mass is 16.6. The van der Waals surface area contributed by atoms with Gasteiger partial charge in [-0.25, -0.2) is 0 Å². The summed E-state index contributed by atoms with van der Waals surface area (Å²) in [6, 6.07) is 4.86. The highest BCUT2D eigenvalue weighted by molar-refractivity contribution is 5.63.